The highest BCUT2D eigenvalue weighted by molar-refractivity contribution is 5.56. The molecule has 0 spiro atoms. The third-order valence-corrected chi connectivity index (χ3v) is 3.09. The fraction of sp³-hybridized carbons (Fsp3) is 0.200. The molecule has 1 N–H and O–H groups in total. The lowest BCUT2D eigenvalue weighted by molar-refractivity contribution is -0.286. The largest absolute Gasteiger partial charge is 0.586 e. The molecule has 21 heavy (non-hydrogen) atoms. The summed E-state index contributed by atoms with van der Waals surface area (Å²) in [4.78, 5) is 0. The number of fused-ring (bicyclic) bond motifs is 1. The van der Waals surface area contributed by atoms with Gasteiger partial charge in [0, 0.05) is 23.9 Å². The number of rotatable bonds is 3. The maximum atomic E-state index is 13.6. The lowest BCUT2D eigenvalue weighted by atomic mass is 10.1. The van der Waals surface area contributed by atoms with Crippen LogP contribution in [0.3, 0.4) is 0 Å². The van der Waals surface area contributed by atoms with Crippen LogP contribution in [0.4, 0.5) is 18.9 Å². The van der Waals surface area contributed by atoms with Crippen LogP contribution in [0.5, 0.6) is 11.5 Å². The van der Waals surface area contributed by atoms with E-state index < -0.39 is 6.29 Å². The number of aryl methyl sites for hydroxylation is 1. The second-order valence-electron chi connectivity index (χ2n) is 4.78. The van der Waals surface area contributed by atoms with Crippen molar-refractivity contribution in [2.45, 2.75) is 19.8 Å². The third kappa shape index (κ3) is 2.89. The minimum absolute atomic E-state index is 0.0210. The van der Waals surface area contributed by atoms with Gasteiger partial charge in [-0.2, -0.15) is 0 Å². The number of halogens is 3. The fourth-order valence-corrected chi connectivity index (χ4v) is 2.10. The number of hydrogen-bond donors (Lipinski definition) is 1. The minimum Gasteiger partial charge on any atom is -0.395 e. The molecule has 6 heteroatoms. The van der Waals surface area contributed by atoms with Gasteiger partial charge in [-0.25, -0.2) is 4.39 Å². The smallest absolute Gasteiger partial charge is 0.395 e. The van der Waals surface area contributed by atoms with Crippen molar-refractivity contribution in [2.24, 2.45) is 0 Å². The van der Waals surface area contributed by atoms with Gasteiger partial charge in [0.2, 0.25) is 0 Å². The maximum Gasteiger partial charge on any atom is 0.586 e. The van der Waals surface area contributed by atoms with Crippen LogP contribution >= 0.6 is 0 Å². The maximum absolute atomic E-state index is 13.6. The Morgan fingerprint density at radius 1 is 1.05 bits per heavy atom. The summed E-state index contributed by atoms with van der Waals surface area (Å²) in [5.74, 6) is -0.387. The Morgan fingerprint density at radius 3 is 2.62 bits per heavy atom. The molecule has 2 aromatic rings. The lowest BCUT2D eigenvalue weighted by Gasteiger charge is -2.09. The van der Waals surface area contributed by atoms with E-state index in [1.54, 1.807) is 18.2 Å². The van der Waals surface area contributed by atoms with Crippen LogP contribution < -0.4 is 14.8 Å². The quantitative estimate of drug-likeness (QED) is 0.926. The standard InChI is InChI=1S/C15H12F3NO2/c1-9-2-4-12(16)10(6-9)8-19-11-3-5-13-14(7-11)21-15(17,18)20-13/h2-7,19H,8H2,1H3. The van der Waals surface area contributed by atoms with Crippen molar-refractivity contribution in [3.8, 4) is 11.5 Å². The summed E-state index contributed by atoms with van der Waals surface area (Å²) in [5.41, 5.74) is 1.98. The van der Waals surface area contributed by atoms with Gasteiger partial charge in [0.15, 0.2) is 11.5 Å². The molecule has 0 aliphatic carbocycles. The Bertz CT molecular complexity index is 689. The van der Waals surface area contributed by atoms with Crippen LogP contribution in [-0.2, 0) is 6.54 Å². The van der Waals surface area contributed by atoms with E-state index in [0.717, 1.165) is 5.56 Å². The first-order valence-corrected chi connectivity index (χ1v) is 6.32. The highest BCUT2D eigenvalue weighted by Gasteiger charge is 2.43. The molecule has 0 unspecified atom stereocenters. The Morgan fingerprint density at radius 2 is 1.81 bits per heavy atom. The molecule has 1 aliphatic rings. The molecule has 0 saturated heterocycles. The molecule has 1 aliphatic heterocycles. The summed E-state index contributed by atoms with van der Waals surface area (Å²) in [6.45, 7) is 2.11. The van der Waals surface area contributed by atoms with Gasteiger partial charge < -0.3 is 14.8 Å². The molecular weight excluding hydrogens is 283 g/mol. The number of hydrogen-bond acceptors (Lipinski definition) is 3. The van der Waals surface area contributed by atoms with Crippen molar-refractivity contribution in [2.75, 3.05) is 5.32 Å². The second-order valence-corrected chi connectivity index (χ2v) is 4.78. The van der Waals surface area contributed by atoms with Gasteiger partial charge in [-0.15, -0.1) is 8.78 Å². The van der Waals surface area contributed by atoms with Crippen molar-refractivity contribution < 1.29 is 22.6 Å². The van der Waals surface area contributed by atoms with Gasteiger partial charge in [-0.05, 0) is 25.1 Å². The molecule has 0 aromatic heterocycles. The lowest BCUT2D eigenvalue weighted by Crippen LogP contribution is -2.25. The molecular formula is C15H12F3NO2. The van der Waals surface area contributed by atoms with Gasteiger partial charge >= 0.3 is 6.29 Å². The summed E-state index contributed by atoms with van der Waals surface area (Å²) >= 11 is 0. The normalized spacial score (nSPS) is 15.0. The van der Waals surface area contributed by atoms with Crippen LogP contribution in [-0.4, -0.2) is 6.29 Å². The summed E-state index contributed by atoms with van der Waals surface area (Å²) in [6.07, 6.45) is -3.64. The molecule has 0 radical (unpaired) electrons. The van der Waals surface area contributed by atoms with Crippen LogP contribution in [0.2, 0.25) is 0 Å². The number of anilines is 1. The van der Waals surface area contributed by atoms with E-state index in [1.165, 1.54) is 18.2 Å². The van der Waals surface area contributed by atoms with Crippen molar-refractivity contribution in [3.63, 3.8) is 0 Å². The van der Waals surface area contributed by atoms with E-state index in [2.05, 4.69) is 14.8 Å². The zero-order valence-corrected chi connectivity index (χ0v) is 11.1. The number of nitrogens with one attached hydrogen (secondary N) is 1. The fourth-order valence-electron chi connectivity index (χ4n) is 2.10. The summed E-state index contributed by atoms with van der Waals surface area (Å²) < 4.78 is 48.1. The Hall–Kier alpha value is -2.37. The number of alkyl halides is 2. The van der Waals surface area contributed by atoms with Crippen molar-refractivity contribution >= 4 is 5.69 Å². The predicted molar refractivity (Wildman–Crippen MR) is 71.1 cm³/mol. The van der Waals surface area contributed by atoms with Crippen LogP contribution in [0, 0.1) is 12.7 Å². The van der Waals surface area contributed by atoms with E-state index in [-0.39, 0.29) is 23.9 Å². The van der Waals surface area contributed by atoms with E-state index in [4.69, 9.17) is 0 Å². The van der Waals surface area contributed by atoms with E-state index >= 15 is 0 Å². The number of benzene rings is 2. The van der Waals surface area contributed by atoms with Crippen LogP contribution in [0.1, 0.15) is 11.1 Å². The Balaban J connectivity index is 1.74. The molecule has 0 amide bonds. The average Bonchev–Trinajstić information content (AvgIpc) is 2.72. The van der Waals surface area contributed by atoms with Crippen LogP contribution in [0.15, 0.2) is 36.4 Å². The summed E-state index contributed by atoms with van der Waals surface area (Å²) in [6, 6.07) is 9.14. The van der Waals surface area contributed by atoms with E-state index in [1.807, 2.05) is 6.92 Å². The Kier molecular flexibility index (Phi) is 3.16. The number of ether oxygens (including phenoxy) is 2. The first-order valence-electron chi connectivity index (χ1n) is 6.32. The first-order chi connectivity index (χ1) is 9.93. The monoisotopic (exact) mass is 295 g/mol. The van der Waals surface area contributed by atoms with E-state index in [0.29, 0.717) is 11.3 Å². The zero-order valence-electron chi connectivity index (χ0n) is 11.1. The van der Waals surface area contributed by atoms with Crippen LogP contribution in [0.25, 0.3) is 0 Å². The summed E-state index contributed by atoms with van der Waals surface area (Å²) in [7, 11) is 0. The third-order valence-electron chi connectivity index (χ3n) is 3.09. The van der Waals surface area contributed by atoms with Crippen molar-refractivity contribution in [1.82, 2.24) is 0 Å². The highest BCUT2D eigenvalue weighted by Crippen LogP contribution is 2.42. The van der Waals surface area contributed by atoms with Crippen molar-refractivity contribution in [1.29, 1.82) is 0 Å². The second kappa shape index (κ2) is 4.87. The zero-order chi connectivity index (χ0) is 15.0. The van der Waals surface area contributed by atoms with Gasteiger partial charge in [0.1, 0.15) is 5.82 Å². The Labute approximate surface area is 119 Å². The van der Waals surface area contributed by atoms with Gasteiger partial charge in [-0.3, -0.25) is 0 Å². The van der Waals surface area contributed by atoms with Crippen molar-refractivity contribution in [3.05, 3.63) is 53.3 Å². The molecule has 1 heterocycles. The molecule has 0 fully saturated rings. The van der Waals surface area contributed by atoms with Gasteiger partial charge in [0.25, 0.3) is 0 Å². The predicted octanol–water partition coefficient (Wildman–Crippen LogP) is 4.07. The molecule has 0 saturated carbocycles. The SMILES string of the molecule is Cc1ccc(F)c(CNc2ccc3c(c2)OC(F)(F)O3)c1. The van der Waals surface area contributed by atoms with Gasteiger partial charge in [-0.1, -0.05) is 17.7 Å². The highest BCUT2D eigenvalue weighted by atomic mass is 19.3. The molecule has 3 rings (SSSR count). The molecule has 0 atom stereocenters. The molecule has 2 aromatic carbocycles. The van der Waals surface area contributed by atoms with Gasteiger partial charge in [0.05, 0.1) is 0 Å². The average molecular weight is 295 g/mol. The molecule has 3 nitrogen and oxygen atoms in total. The van der Waals surface area contributed by atoms with E-state index in [9.17, 15) is 13.2 Å². The molecule has 110 valence electrons. The minimum atomic E-state index is -3.64. The first kappa shape index (κ1) is 13.6. The topological polar surface area (TPSA) is 30.5 Å². The molecule has 0 bridgehead atoms. The summed E-state index contributed by atoms with van der Waals surface area (Å²) in [5, 5.41) is 2.97.